The molecule has 0 aliphatic heterocycles. The Bertz CT molecular complexity index is 478. The topological polar surface area (TPSA) is 0 Å². The molecule has 0 aromatic heterocycles. The van der Waals surface area contributed by atoms with Crippen molar-refractivity contribution in [3.8, 4) is 11.8 Å². The molecule has 0 nitrogen and oxygen atoms in total. The lowest BCUT2D eigenvalue weighted by Gasteiger charge is -2.17. The Labute approximate surface area is 94.7 Å². The number of aryl methyl sites for hydroxylation is 1. The SMILES string of the molecule is CC[C@@H]1[CH]C#CCc2cc(C)c(F)c(F)c21. The summed E-state index contributed by atoms with van der Waals surface area (Å²) < 4.78 is 27.4. The van der Waals surface area contributed by atoms with Crippen molar-refractivity contribution in [3.05, 3.63) is 40.8 Å². The summed E-state index contributed by atoms with van der Waals surface area (Å²) in [5.41, 5.74) is 1.66. The smallest absolute Gasteiger partial charge is 0.162 e. The van der Waals surface area contributed by atoms with Crippen LogP contribution in [0.5, 0.6) is 0 Å². The van der Waals surface area contributed by atoms with Gasteiger partial charge in [-0.2, -0.15) is 0 Å². The van der Waals surface area contributed by atoms with E-state index in [1.807, 2.05) is 6.92 Å². The van der Waals surface area contributed by atoms with Crippen LogP contribution in [0.25, 0.3) is 0 Å². The standard InChI is InChI=1S/C14H13F2/c1-3-10-6-4-5-7-11-8-9(2)13(15)14(16)12(10)11/h6,8,10H,3,7H2,1-2H3/t10-/m1/s1. The average molecular weight is 219 g/mol. The van der Waals surface area contributed by atoms with E-state index in [4.69, 9.17) is 0 Å². The molecule has 0 bridgehead atoms. The Balaban J connectivity index is 2.63. The zero-order valence-electron chi connectivity index (χ0n) is 9.40. The Morgan fingerprint density at radius 3 is 2.81 bits per heavy atom. The van der Waals surface area contributed by atoms with E-state index in [9.17, 15) is 8.78 Å². The molecule has 0 N–H and O–H groups in total. The number of hydrogen-bond donors (Lipinski definition) is 0. The number of rotatable bonds is 1. The molecule has 0 spiro atoms. The summed E-state index contributed by atoms with van der Waals surface area (Å²) >= 11 is 0. The summed E-state index contributed by atoms with van der Waals surface area (Å²) in [5.74, 6) is 4.31. The van der Waals surface area contributed by atoms with Crippen LogP contribution in [0.15, 0.2) is 6.07 Å². The Hall–Kier alpha value is -1.36. The van der Waals surface area contributed by atoms with Gasteiger partial charge >= 0.3 is 0 Å². The van der Waals surface area contributed by atoms with Gasteiger partial charge < -0.3 is 0 Å². The van der Waals surface area contributed by atoms with Gasteiger partial charge in [0, 0.05) is 18.8 Å². The van der Waals surface area contributed by atoms with Crippen LogP contribution in [-0.2, 0) is 6.42 Å². The highest BCUT2D eigenvalue weighted by atomic mass is 19.2. The molecule has 0 amide bonds. The highest BCUT2D eigenvalue weighted by Crippen LogP contribution is 2.32. The average Bonchev–Trinajstić information content (AvgIpc) is 2.48. The van der Waals surface area contributed by atoms with E-state index in [2.05, 4.69) is 11.8 Å². The van der Waals surface area contributed by atoms with Gasteiger partial charge in [-0.1, -0.05) is 24.8 Å². The van der Waals surface area contributed by atoms with Crippen molar-refractivity contribution in [2.24, 2.45) is 0 Å². The van der Waals surface area contributed by atoms with Crippen LogP contribution in [0, 0.1) is 36.8 Å². The molecule has 2 rings (SSSR count). The fourth-order valence-electron chi connectivity index (χ4n) is 2.09. The predicted octanol–water partition coefficient (Wildman–Crippen LogP) is 3.53. The number of halogens is 2. The first-order chi connectivity index (χ1) is 7.65. The molecule has 1 atom stereocenters. The van der Waals surface area contributed by atoms with Crippen LogP contribution in [0.4, 0.5) is 8.78 Å². The highest BCUT2D eigenvalue weighted by molar-refractivity contribution is 5.43. The molecule has 1 aromatic rings. The lowest BCUT2D eigenvalue weighted by atomic mass is 9.88. The van der Waals surface area contributed by atoms with E-state index in [-0.39, 0.29) is 5.92 Å². The number of fused-ring (bicyclic) bond motifs is 1. The fraction of sp³-hybridized carbons (Fsp3) is 0.357. The second-order valence-electron chi connectivity index (χ2n) is 4.07. The minimum atomic E-state index is -0.729. The lowest BCUT2D eigenvalue weighted by Crippen LogP contribution is -2.07. The van der Waals surface area contributed by atoms with E-state index >= 15 is 0 Å². The van der Waals surface area contributed by atoms with E-state index in [0.717, 1.165) is 12.0 Å². The second-order valence-corrected chi connectivity index (χ2v) is 4.07. The van der Waals surface area contributed by atoms with Gasteiger partial charge in [0.1, 0.15) is 0 Å². The summed E-state index contributed by atoms with van der Waals surface area (Å²) in [5, 5.41) is 0. The van der Waals surface area contributed by atoms with Gasteiger partial charge in [0.2, 0.25) is 0 Å². The monoisotopic (exact) mass is 219 g/mol. The third kappa shape index (κ3) is 1.71. The van der Waals surface area contributed by atoms with Crippen LogP contribution in [0.1, 0.15) is 36.0 Å². The molecule has 0 saturated heterocycles. The van der Waals surface area contributed by atoms with Crippen molar-refractivity contribution < 1.29 is 8.78 Å². The zero-order valence-corrected chi connectivity index (χ0v) is 9.40. The van der Waals surface area contributed by atoms with Crippen molar-refractivity contribution in [1.82, 2.24) is 0 Å². The molecule has 1 aliphatic rings. The van der Waals surface area contributed by atoms with Crippen molar-refractivity contribution in [1.29, 1.82) is 0 Å². The van der Waals surface area contributed by atoms with Crippen LogP contribution in [0.3, 0.4) is 0 Å². The second kappa shape index (κ2) is 4.25. The minimum absolute atomic E-state index is 0.0971. The van der Waals surface area contributed by atoms with E-state index in [1.54, 1.807) is 19.4 Å². The molecule has 1 aliphatic carbocycles. The predicted molar refractivity (Wildman–Crippen MR) is 59.9 cm³/mol. The lowest BCUT2D eigenvalue weighted by molar-refractivity contribution is 0.485. The molecule has 0 heterocycles. The van der Waals surface area contributed by atoms with Crippen molar-refractivity contribution in [3.63, 3.8) is 0 Å². The maximum atomic E-state index is 13.9. The number of hydrogen-bond acceptors (Lipinski definition) is 0. The van der Waals surface area contributed by atoms with Gasteiger partial charge in [0.25, 0.3) is 0 Å². The summed E-state index contributed by atoms with van der Waals surface area (Å²) in [7, 11) is 0. The first-order valence-electron chi connectivity index (χ1n) is 5.44. The van der Waals surface area contributed by atoms with Crippen LogP contribution in [-0.4, -0.2) is 0 Å². The van der Waals surface area contributed by atoms with Crippen LogP contribution in [0.2, 0.25) is 0 Å². The third-order valence-corrected chi connectivity index (χ3v) is 2.99. The van der Waals surface area contributed by atoms with E-state index < -0.39 is 11.6 Å². The maximum Gasteiger partial charge on any atom is 0.162 e. The van der Waals surface area contributed by atoms with Gasteiger partial charge in [-0.05, 0) is 30.0 Å². The molecule has 1 aromatic carbocycles. The molecule has 83 valence electrons. The first-order valence-corrected chi connectivity index (χ1v) is 5.44. The van der Waals surface area contributed by atoms with Gasteiger partial charge in [0.05, 0.1) is 0 Å². The molecule has 0 unspecified atom stereocenters. The molecule has 0 saturated carbocycles. The molecule has 1 radical (unpaired) electrons. The minimum Gasteiger partial charge on any atom is -0.203 e. The van der Waals surface area contributed by atoms with Gasteiger partial charge in [0.15, 0.2) is 11.6 Å². The molecular weight excluding hydrogens is 206 g/mol. The summed E-state index contributed by atoms with van der Waals surface area (Å²) in [6.45, 7) is 3.54. The Kier molecular flexibility index (Phi) is 2.96. The summed E-state index contributed by atoms with van der Waals surface area (Å²) in [6.07, 6.45) is 3.01. The molecule has 0 fully saturated rings. The normalized spacial score (nSPS) is 18.4. The van der Waals surface area contributed by atoms with Gasteiger partial charge in [-0.15, -0.1) is 0 Å². The maximum absolute atomic E-state index is 13.9. The summed E-state index contributed by atoms with van der Waals surface area (Å²) in [4.78, 5) is 0. The van der Waals surface area contributed by atoms with E-state index in [1.165, 1.54) is 0 Å². The van der Waals surface area contributed by atoms with Gasteiger partial charge in [-0.3, -0.25) is 0 Å². The Morgan fingerprint density at radius 2 is 2.12 bits per heavy atom. The van der Waals surface area contributed by atoms with Crippen molar-refractivity contribution >= 4 is 0 Å². The van der Waals surface area contributed by atoms with E-state index in [0.29, 0.717) is 17.5 Å². The summed E-state index contributed by atoms with van der Waals surface area (Å²) in [6, 6.07) is 1.71. The van der Waals surface area contributed by atoms with Crippen LogP contribution >= 0.6 is 0 Å². The zero-order chi connectivity index (χ0) is 11.7. The van der Waals surface area contributed by atoms with Gasteiger partial charge in [-0.25, -0.2) is 8.78 Å². The Morgan fingerprint density at radius 1 is 1.38 bits per heavy atom. The number of benzene rings is 1. The fourth-order valence-corrected chi connectivity index (χ4v) is 2.09. The quantitative estimate of drug-likeness (QED) is 0.634. The van der Waals surface area contributed by atoms with Crippen molar-refractivity contribution in [2.45, 2.75) is 32.6 Å². The van der Waals surface area contributed by atoms with Crippen molar-refractivity contribution in [2.75, 3.05) is 0 Å². The molecular formula is C14H13F2. The largest absolute Gasteiger partial charge is 0.203 e. The first kappa shape index (κ1) is 11.1. The van der Waals surface area contributed by atoms with Crippen LogP contribution < -0.4 is 0 Å². The highest BCUT2D eigenvalue weighted by Gasteiger charge is 2.23. The molecule has 2 heteroatoms. The third-order valence-electron chi connectivity index (χ3n) is 2.99. The molecule has 16 heavy (non-hydrogen) atoms.